The van der Waals surface area contributed by atoms with Crippen LogP contribution in [0.1, 0.15) is 21.5 Å². The molecule has 0 atom stereocenters. The average Bonchev–Trinajstić information content (AvgIpc) is 2.70. The third-order valence-electron chi connectivity index (χ3n) is 4.31. The van der Waals surface area contributed by atoms with E-state index in [2.05, 4.69) is 10.6 Å². The largest absolute Gasteiger partial charge is 0.325 e. The van der Waals surface area contributed by atoms with Gasteiger partial charge in [-0.3, -0.25) is 9.59 Å². The van der Waals surface area contributed by atoms with Gasteiger partial charge < -0.3 is 10.6 Å². The smallest absolute Gasteiger partial charge is 0.255 e. The molecule has 0 unspecified atom stereocenters. The molecule has 0 heterocycles. The maximum atomic E-state index is 12.3. The van der Waals surface area contributed by atoms with Gasteiger partial charge in [-0.15, -0.1) is 11.8 Å². The van der Waals surface area contributed by atoms with Gasteiger partial charge in [-0.05, 0) is 67.4 Å². The molecular formula is C23H21ClN2O2S. The third kappa shape index (κ3) is 5.86. The molecule has 3 rings (SSSR count). The molecule has 0 saturated carbocycles. The second kappa shape index (κ2) is 9.63. The summed E-state index contributed by atoms with van der Waals surface area (Å²) in [6, 6.07) is 20.1. The summed E-state index contributed by atoms with van der Waals surface area (Å²) in [6.45, 7) is 3.96. The normalized spacial score (nSPS) is 10.4. The van der Waals surface area contributed by atoms with Crippen molar-refractivity contribution in [1.82, 2.24) is 0 Å². The number of anilines is 2. The van der Waals surface area contributed by atoms with Crippen molar-refractivity contribution in [2.45, 2.75) is 18.7 Å². The van der Waals surface area contributed by atoms with Crippen molar-refractivity contribution in [3.63, 3.8) is 0 Å². The number of carbonyl (C=O) groups is 2. The van der Waals surface area contributed by atoms with Crippen LogP contribution in [0.2, 0.25) is 5.02 Å². The van der Waals surface area contributed by atoms with E-state index in [1.54, 1.807) is 24.3 Å². The van der Waals surface area contributed by atoms with E-state index in [4.69, 9.17) is 11.6 Å². The molecule has 0 bridgehead atoms. The van der Waals surface area contributed by atoms with Crippen LogP contribution in [0, 0.1) is 13.8 Å². The van der Waals surface area contributed by atoms with Gasteiger partial charge in [-0.1, -0.05) is 35.9 Å². The Kier molecular flexibility index (Phi) is 6.96. The van der Waals surface area contributed by atoms with Gasteiger partial charge in [-0.2, -0.15) is 0 Å². The second-order valence-corrected chi connectivity index (χ2v) is 8.08. The van der Waals surface area contributed by atoms with E-state index in [1.165, 1.54) is 11.8 Å². The average molecular weight is 425 g/mol. The van der Waals surface area contributed by atoms with Crippen molar-refractivity contribution in [3.05, 3.63) is 88.4 Å². The zero-order chi connectivity index (χ0) is 20.8. The first-order chi connectivity index (χ1) is 13.9. The fraction of sp³-hybridized carbons (Fsp3) is 0.130. The Labute approximate surface area is 179 Å². The van der Waals surface area contributed by atoms with Crippen LogP contribution in [0.3, 0.4) is 0 Å². The highest BCUT2D eigenvalue weighted by Gasteiger charge is 2.09. The van der Waals surface area contributed by atoms with Gasteiger partial charge in [0.05, 0.1) is 5.75 Å². The quantitative estimate of drug-likeness (QED) is 0.481. The lowest BCUT2D eigenvalue weighted by atomic mass is 10.1. The predicted molar refractivity (Wildman–Crippen MR) is 121 cm³/mol. The Morgan fingerprint density at radius 3 is 2.21 bits per heavy atom. The fourth-order valence-corrected chi connectivity index (χ4v) is 3.69. The van der Waals surface area contributed by atoms with Gasteiger partial charge >= 0.3 is 0 Å². The van der Waals surface area contributed by atoms with Gasteiger partial charge in [0.25, 0.3) is 5.91 Å². The summed E-state index contributed by atoms with van der Waals surface area (Å²) >= 11 is 7.37. The summed E-state index contributed by atoms with van der Waals surface area (Å²) in [5.41, 5.74) is 4.14. The predicted octanol–water partition coefficient (Wildman–Crippen LogP) is 5.94. The molecule has 148 valence electrons. The minimum atomic E-state index is -0.221. The summed E-state index contributed by atoms with van der Waals surface area (Å²) in [6.07, 6.45) is 0. The number of rotatable bonds is 6. The fourth-order valence-electron chi connectivity index (χ4n) is 2.80. The number of amides is 2. The van der Waals surface area contributed by atoms with Gasteiger partial charge in [0.15, 0.2) is 0 Å². The Balaban J connectivity index is 1.54. The van der Waals surface area contributed by atoms with Gasteiger partial charge in [0, 0.05) is 26.9 Å². The molecule has 0 spiro atoms. The number of hydrogen-bond acceptors (Lipinski definition) is 3. The summed E-state index contributed by atoms with van der Waals surface area (Å²) in [5, 5.41) is 6.34. The lowest BCUT2D eigenvalue weighted by Crippen LogP contribution is -2.15. The van der Waals surface area contributed by atoms with E-state index in [0.29, 0.717) is 22.0 Å². The maximum Gasteiger partial charge on any atom is 0.255 e. The first kappa shape index (κ1) is 21.0. The van der Waals surface area contributed by atoms with Crippen LogP contribution in [-0.2, 0) is 4.79 Å². The van der Waals surface area contributed by atoms with Crippen LogP contribution in [0.5, 0.6) is 0 Å². The van der Waals surface area contributed by atoms with Crippen LogP contribution in [-0.4, -0.2) is 17.6 Å². The number of thioether (sulfide) groups is 1. The number of halogens is 1. The Bertz CT molecular complexity index is 1020. The highest BCUT2D eigenvalue weighted by Crippen LogP contribution is 2.23. The Morgan fingerprint density at radius 1 is 0.897 bits per heavy atom. The Morgan fingerprint density at radius 2 is 1.55 bits per heavy atom. The number of para-hydroxylation sites is 1. The Hall–Kier alpha value is -2.76. The van der Waals surface area contributed by atoms with Crippen molar-refractivity contribution in [3.8, 4) is 0 Å². The molecule has 6 heteroatoms. The monoisotopic (exact) mass is 424 g/mol. The molecule has 3 aromatic carbocycles. The molecule has 29 heavy (non-hydrogen) atoms. The summed E-state index contributed by atoms with van der Waals surface area (Å²) in [4.78, 5) is 25.5. The molecule has 0 fully saturated rings. The van der Waals surface area contributed by atoms with Crippen molar-refractivity contribution < 1.29 is 9.59 Å². The zero-order valence-electron chi connectivity index (χ0n) is 16.2. The molecule has 0 radical (unpaired) electrons. The molecule has 0 saturated heterocycles. The van der Waals surface area contributed by atoms with Crippen LogP contribution in [0.15, 0.2) is 71.6 Å². The first-order valence-electron chi connectivity index (χ1n) is 9.08. The van der Waals surface area contributed by atoms with E-state index in [0.717, 1.165) is 21.7 Å². The van der Waals surface area contributed by atoms with Crippen LogP contribution >= 0.6 is 23.4 Å². The maximum absolute atomic E-state index is 12.3. The van der Waals surface area contributed by atoms with Crippen LogP contribution in [0.4, 0.5) is 11.4 Å². The summed E-state index contributed by atoms with van der Waals surface area (Å²) in [7, 11) is 0. The highest BCUT2D eigenvalue weighted by atomic mass is 35.5. The number of nitrogens with one attached hydrogen (secondary N) is 2. The number of hydrogen-bond donors (Lipinski definition) is 2. The van der Waals surface area contributed by atoms with E-state index in [1.807, 2.05) is 56.3 Å². The van der Waals surface area contributed by atoms with E-state index < -0.39 is 0 Å². The zero-order valence-corrected chi connectivity index (χ0v) is 17.7. The van der Waals surface area contributed by atoms with Crippen molar-refractivity contribution in [2.24, 2.45) is 0 Å². The lowest BCUT2D eigenvalue weighted by Gasteiger charge is -2.11. The van der Waals surface area contributed by atoms with Crippen molar-refractivity contribution in [2.75, 3.05) is 16.4 Å². The highest BCUT2D eigenvalue weighted by molar-refractivity contribution is 8.00. The number of benzene rings is 3. The van der Waals surface area contributed by atoms with Gasteiger partial charge in [0.2, 0.25) is 5.91 Å². The molecule has 0 aliphatic carbocycles. The van der Waals surface area contributed by atoms with Crippen molar-refractivity contribution >= 4 is 46.6 Å². The van der Waals surface area contributed by atoms with Crippen molar-refractivity contribution in [1.29, 1.82) is 0 Å². The molecule has 0 aliphatic heterocycles. The third-order valence-corrected chi connectivity index (χ3v) is 5.56. The van der Waals surface area contributed by atoms with Crippen LogP contribution < -0.4 is 10.6 Å². The first-order valence-corrected chi connectivity index (χ1v) is 10.4. The molecule has 0 aliphatic rings. The SMILES string of the molecule is Cc1cccc(C)c1NC(=O)CSc1ccc(NC(=O)c2cccc(Cl)c2)cc1. The van der Waals surface area contributed by atoms with Crippen LogP contribution in [0.25, 0.3) is 0 Å². The van der Waals surface area contributed by atoms with Gasteiger partial charge in [0.1, 0.15) is 0 Å². The number of aryl methyl sites for hydroxylation is 2. The minimum Gasteiger partial charge on any atom is -0.325 e. The number of carbonyl (C=O) groups excluding carboxylic acids is 2. The molecule has 2 amide bonds. The molecule has 0 aromatic heterocycles. The van der Waals surface area contributed by atoms with E-state index in [9.17, 15) is 9.59 Å². The minimum absolute atomic E-state index is 0.0502. The second-order valence-electron chi connectivity index (χ2n) is 6.59. The van der Waals surface area contributed by atoms with E-state index >= 15 is 0 Å². The standard InChI is InChI=1S/C23H21ClN2O2S/c1-15-5-3-6-16(2)22(15)26-21(27)14-29-20-11-9-19(10-12-20)25-23(28)17-7-4-8-18(24)13-17/h3-13H,14H2,1-2H3,(H,25,28)(H,26,27). The topological polar surface area (TPSA) is 58.2 Å². The van der Waals surface area contributed by atoms with Gasteiger partial charge in [-0.25, -0.2) is 0 Å². The molecule has 3 aromatic rings. The molecule has 4 nitrogen and oxygen atoms in total. The summed E-state index contributed by atoms with van der Waals surface area (Å²) < 4.78 is 0. The molecule has 2 N–H and O–H groups in total. The summed E-state index contributed by atoms with van der Waals surface area (Å²) in [5.74, 6) is 0.0359. The van der Waals surface area contributed by atoms with E-state index in [-0.39, 0.29) is 11.8 Å². The lowest BCUT2D eigenvalue weighted by molar-refractivity contribution is -0.113. The molecular weight excluding hydrogens is 404 g/mol.